The van der Waals surface area contributed by atoms with Crippen LogP contribution < -0.4 is 15.7 Å². The average Bonchev–Trinajstić information content (AvgIpc) is 3.28. The van der Waals surface area contributed by atoms with Crippen LogP contribution in [-0.2, 0) is 19.1 Å². The molecule has 0 saturated heterocycles. The van der Waals surface area contributed by atoms with Crippen LogP contribution in [0.3, 0.4) is 0 Å². The summed E-state index contributed by atoms with van der Waals surface area (Å²) in [5.74, 6) is -1.77. The van der Waals surface area contributed by atoms with Gasteiger partial charge in [-0.2, -0.15) is 0 Å². The first-order valence-electron chi connectivity index (χ1n) is 13.5. The molecule has 216 valence electrons. The number of hydrogen-bond acceptors (Lipinski definition) is 9. The van der Waals surface area contributed by atoms with Gasteiger partial charge in [0.25, 0.3) is 0 Å². The van der Waals surface area contributed by atoms with Gasteiger partial charge in [-0.05, 0) is 71.6 Å². The number of hydrogen-bond donors (Lipinski definition) is 1. The largest absolute Gasteiger partial charge is 0.458 e. The van der Waals surface area contributed by atoms with Gasteiger partial charge in [0.2, 0.25) is 0 Å². The first kappa shape index (κ1) is 28.5. The van der Waals surface area contributed by atoms with Crippen LogP contribution in [-0.4, -0.2) is 51.4 Å². The fourth-order valence-electron chi connectivity index (χ4n) is 4.84. The topological polar surface area (TPSA) is 139 Å². The zero-order chi connectivity index (χ0) is 29.9. The minimum atomic E-state index is -1.22. The number of nitrogens with one attached hydrogen (secondary N) is 1. The molecule has 1 atom stereocenters. The highest BCUT2D eigenvalue weighted by Gasteiger charge is 2.31. The van der Waals surface area contributed by atoms with Crippen molar-refractivity contribution in [3.8, 4) is 11.1 Å². The minimum absolute atomic E-state index is 0.0481. The van der Waals surface area contributed by atoms with Crippen molar-refractivity contribution < 1.29 is 28.7 Å². The fraction of sp³-hybridized carbons (Fsp3) is 0.290. The molecule has 0 saturated carbocycles. The van der Waals surface area contributed by atoms with E-state index in [1.165, 1.54) is 6.07 Å². The number of esters is 1. The van der Waals surface area contributed by atoms with E-state index >= 15 is 0 Å². The van der Waals surface area contributed by atoms with Gasteiger partial charge < -0.3 is 19.6 Å². The quantitative estimate of drug-likeness (QED) is 0.248. The molecule has 11 heteroatoms. The zero-order valence-electron chi connectivity index (χ0n) is 23.4. The van der Waals surface area contributed by atoms with Gasteiger partial charge in [-0.15, -0.1) is 5.10 Å². The third kappa shape index (κ3) is 6.30. The van der Waals surface area contributed by atoms with E-state index in [9.17, 15) is 19.2 Å². The second-order valence-corrected chi connectivity index (χ2v) is 10.8. The van der Waals surface area contributed by atoms with Gasteiger partial charge >= 0.3 is 23.6 Å². The Labute approximate surface area is 241 Å². The summed E-state index contributed by atoms with van der Waals surface area (Å²) < 4.78 is 11.0. The summed E-state index contributed by atoms with van der Waals surface area (Å²) in [6, 6.07) is 21.1. The lowest BCUT2D eigenvalue weighted by Crippen LogP contribution is -2.45. The summed E-state index contributed by atoms with van der Waals surface area (Å²) in [7, 11) is 0. The van der Waals surface area contributed by atoms with Gasteiger partial charge in [0, 0.05) is 5.92 Å². The van der Waals surface area contributed by atoms with Crippen molar-refractivity contribution in [3.05, 3.63) is 94.3 Å². The molecule has 0 aliphatic heterocycles. The molecule has 1 N–H and O–H groups in total. The smallest absolute Gasteiger partial charge is 0.407 e. The molecular formula is C31H30N4O7. The Bertz CT molecular complexity index is 1660. The van der Waals surface area contributed by atoms with Gasteiger partial charge in [-0.25, -0.2) is 14.4 Å². The molecule has 1 aliphatic carbocycles. The molecule has 0 spiro atoms. The maximum absolute atomic E-state index is 12.9. The van der Waals surface area contributed by atoms with Crippen LogP contribution in [0.2, 0.25) is 0 Å². The minimum Gasteiger partial charge on any atom is -0.458 e. The molecule has 1 aromatic heterocycles. The molecule has 1 heterocycles. The first-order valence-corrected chi connectivity index (χ1v) is 13.5. The van der Waals surface area contributed by atoms with Crippen LogP contribution in [0.25, 0.3) is 22.0 Å². The van der Waals surface area contributed by atoms with Gasteiger partial charge in [0.05, 0.1) is 11.8 Å². The predicted molar refractivity (Wildman–Crippen MR) is 152 cm³/mol. The number of alkyl carbamates (subject to hydrolysis) is 1. The maximum Gasteiger partial charge on any atom is 0.407 e. The molecule has 3 aromatic carbocycles. The fourth-order valence-corrected chi connectivity index (χ4v) is 4.84. The molecule has 11 nitrogen and oxygen atoms in total. The van der Waals surface area contributed by atoms with Crippen molar-refractivity contribution >= 4 is 28.9 Å². The second-order valence-electron chi connectivity index (χ2n) is 10.8. The van der Waals surface area contributed by atoms with Crippen LogP contribution in [0.4, 0.5) is 4.79 Å². The number of ether oxygens (including phenoxy) is 2. The number of benzene rings is 3. The van der Waals surface area contributed by atoms with Crippen molar-refractivity contribution in [2.24, 2.45) is 0 Å². The summed E-state index contributed by atoms with van der Waals surface area (Å²) in [5, 5.41) is 10.2. The molecule has 1 aliphatic rings. The molecule has 5 rings (SSSR count). The lowest BCUT2D eigenvalue weighted by molar-refractivity contribution is -0.157. The van der Waals surface area contributed by atoms with Crippen LogP contribution in [0.5, 0.6) is 0 Å². The van der Waals surface area contributed by atoms with Gasteiger partial charge in [-0.3, -0.25) is 4.79 Å². The Hall–Kier alpha value is -5.06. The van der Waals surface area contributed by atoms with Gasteiger partial charge in [0.1, 0.15) is 23.8 Å². The van der Waals surface area contributed by atoms with E-state index in [1.54, 1.807) is 39.0 Å². The molecule has 4 aromatic rings. The highest BCUT2D eigenvalue weighted by atomic mass is 16.7. The highest BCUT2D eigenvalue weighted by Crippen LogP contribution is 2.44. The lowest BCUT2D eigenvalue weighted by Gasteiger charge is -2.24. The molecule has 0 radical (unpaired) electrons. The molecule has 0 bridgehead atoms. The number of aromatic nitrogens is 3. The summed E-state index contributed by atoms with van der Waals surface area (Å²) in [5.41, 5.74) is 3.12. The van der Waals surface area contributed by atoms with Crippen LogP contribution >= 0.6 is 0 Å². The van der Waals surface area contributed by atoms with Crippen molar-refractivity contribution in [2.45, 2.75) is 51.2 Å². The summed E-state index contributed by atoms with van der Waals surface area (Å²) in [6.07, 6.45) is -1.35. The molecule has 0 fully saturated rings. The van der Waals surface area contributed by atoms with E-state index in [1.807, 2.05) is 48.5 Å². The third-order valence-corrected chi connectivity index (χ3v) is 6.69. The first-order chi connectivity index (χ1) is 20.1. The van der Waals surface area contributed by atoms with Crippen molar-refractivity contribution in [2.75, 3.05) is 6.61 Å². The number of carbonyl (C=O) groups is 3. The molecule has 1 amide bonds. The van der Waals surface area contributed by atoms with Crippen LogP contribution in [0.1, 0.15) is 50.7 Å². The van der Waals surface area contributed by atoms with Crippen molar-refractivity contribution in [1.82, 2.24) is 20.5 Å². The Kier molecular flexibility index (Phi) is 8.01. The number of fused-ring (bicyclic) bond motifs is 4. The van der Waals surface area contributed by atoms with Crippen LogP contribution in [0.15, 0.2) is 77.6 Å². The zero-order valence-corrected chi connectivity index (χ0v) is 23.4. The maximum atomic E-state index is 12.9. The Morgan fingerprint density at radius 3 is 2.21 bits per heavy atom. The van der Waals surface area contributed by atoms with Gasteiger partial charge in [0.15, 0.2) is 0 Å². The third-order valence-electron chi connectivity index (χ3n) is 6.69. The summed E-state index contributed by atoms with van der Waals surface area (Å²) in [6.45, 7) is 5.11. The van der Waals surface area contributed by atoms with Gasteiger partial charge in [-0.1, -0.05) is 60.7 Å². The Morgan fingerprint density at radius 1 is 0.929 bits per heavy atom. The summed E-state index contributed by atoms with van der Waals surface area (Å²) >= 11 is 0. The molecule has 42 heavy (non-hydrogen) atoms. The second kappa shape index (κ2) is 11.8. The van der Waals surface area contributed by atoms with E-state index < -0.39 is 35.2 Å². The lowest BCUT2D eigenvalue weighted by atomic mass is 9.98. The number of rotatable bonds is 8. The van der Waals surface area contributed by atoms with Crippen molar-refractivity contribution in [3.63, 3.8) is 0 Å². The van der Waals surface area contributed by atoms with E-state index in [0.29, 0.717) is 10.4 Å². The standard InChI is InChI=1S/C31H30N4O7/c1-31(2,3)41-29(38)26(16-17-27(36)42-35-28(37)23-14-8-9-15-25(23)33-34-35)32-30(39)40-18-24-21-12-6-4-10-19(21)20-11-5-7-13-22(20)24/h4-15,24,26H,16-18H2,1-3H3,(H,32,39)/t26-/m0/s1. The SMILES string of the molecule is CC(C)(C)OC(=O)[C@H](CCC(=O)On1nnc2ccccc2c1=O)NC(=O)OCC1c2ccccc2-c2ccccc21. The normalized spacial score (nSPS) is 13.1. The summed E-state index contributed by atoms with van der Waals surface area (Å²) in [4.78, 5) is 56.5. The monoisotopic (exact) mass is 570 g/mol. The van der Waals surface area contributed by atoms with E-state index in [2.05, 4.69) is 15.6 Å². The Balaban J connectivity index is 1.24. The van der Waals surface area contributed by atoms with E-state index in [0.717, 1.165) is 22.3 Å². The predicted octanol–water partition coefficient (Wildman–Crippen LogP) is 3.78. The molecule has 0 unspecified atom stereocenters. The molecular weight excluding hydrogens is 540 g/mol. The number of amides is 1. The highest BCUT2D eigenvalue weighted by molar-refractivity contribution is 5.83. The average molecular weight is 571 g/mol. The van der Waals surface area contributed by atoms with Crippen molar-refractivity contribution in [1.29, 1.82) is 0 Å². The number of nitrogens with zero attached hydrogens (tertiary/aromatic N) is 3. The van der Waals surface area contributed by atoms with Crippen LogP contribution in [0, 0.1) is 0 Å². The Morgan fingerprint density at radius 2 is 1.55 bits per heavy atom. The van der Waals surface area contributed by atoms with E-state index in [-0.39, 0.29) is 30.8 Å². The number of carbonyl (C=O) groups excluding carboxylic acids is 3. The van der Waals surface area contributed by atoms with E-state index in [4.69, 9.17) is 14.3 Å².